The van der Waals surface area contributed by atoms with Crippen LogP contribution < -0.4 is 0 Å². The molecule has 0 bridgehead atoms. The summed E-state index contributed by atoms with van der Waals surface area (Å²) in [5.41, 5.74) is 1.02. The van der Waals surface area contributed by atoms with Crippen LogP contribution in [0.4, 0.5) is 0 Å². The number of benzene rings is 1. The highest BCUT2D eigenvalue weighted by molar-refractivity contribution is 6.34. The molecule has 0 atom stereocenters. The average Bonchev–Trinajstić information content (AvgIpc) is 2.18. The van der Waals surface area contributed by atoms with Gasteiger partial charge < -0.3 is 4.90 Å². The number of carbonyl (C=O) groups excluding carboxylic acids is 2. The van der Waals surface area contributed by atoms with Gasteiger partial charge in [0.2, 0.25) is 5.78 Å². The number of rotatable bonds is 3. The fourth-order valence-electron chi connectivity index (χ4n) is 1.20. The summed E-state index contributed by atoms with van der Waals surface area (Å²) < 4.78 is 0. The third-order valence-corrected chi connectivity index (χ3v) is 1.91. The second kappa shape index (κ2) is 4.56. The van der Waals surface area contributed by atoms with Gasteiger partial charge in [-0.05, 0) is 5.56 Å². The van der Waals surface area contributed by atoms with Crippen LogP contribution in [0.2, 0.25) is 0 Å². The average molecular weight is 191 g/mol. The Hall–Kier alpha value is -1.64. The Balaban J connectivity index is 2.62. The molecule has 0 aliphatic heterocycles. The maximum atomic E-state index is 11.2. The zero-order valence-electron chi connectivity index (χ0n) is 8.36. The third kappa shape index (κ3) is 2.69. The Kier molecular flexibility index (Phi) is 3.40. The molecule has 3 nitrogen and oxygen atoms in total. The third-order valence-electron chi connectivity index (χ3n) is 1.91. The molecule has 0 saturated carbocycles. The van der Waals surface area contributed by atoms with E-state index in [1.807, 2.05) is 30.3 Å². The van der Waals surface area contributed by atoms with Gasteiger partial charge in [0.15, 0.2) is 0 Å². The number of likely N-dealkylation sites (N-methyl/N-ethyl adjacent to an activating group) is 1. The molecule has 1 amide bonds. The van der Waals surface area contributed by atoms with Gasteiger partial charge in [-0.25, -0.2) is 0 Å². The number of hydrogen-bond acceptors (Lipinski definition) is 2. The SMILES string of the molecule is CC(=O)C(=O)N(C)Cc1ccccc1. The van der Waals surface area contributed by atoms with Crippen LogP contribution in [0.1, 0.15) is 12.5 Å². The zero-order chi connectivity index (χ0) is 10.6. The molecule has 0 aliphatic carbocycles. The Bertz CT molecular complexity index is 332. The van der Waals surface area contributed by atoms with Gasteiger partial charge in [-0.3, -0.25) is 9.59 Å². The maximum absolute atomic E-state index is 11.2. The molecule has 0 radical (unpaired) electrons. The predicted octanol–water partition coefficient (Wildman–Crippen LogP) is 1.23. The molecule has 14 heavy (non-hydrogen) atoms. The first-order valence-corrected chi connectivity index (χ1v) is 4.41. The predicted molar refractivity (Wildman–Crippen MR) is 53.6 cm³/mol. The summed E-state index contributed by atoms with van der Waals surface area (Å²) in [7, 11) is 1.62. The summed E-state index contributed by atoms with van der Waals surface area (Å²) in [6, 6.07) is 9.56. The molecule has 1 aromatic rings. The van der Waals surface area contributed by atoms with E-state index in [-0.39, 0.29) is 0 Å². The molecule has 1 aromatic carbocycles. The number of carbonyl (C=O) groups is 2. The van der Waals surface area contributed by atoms with Crippen molar-refractivity contribution in [1.82, 2.24) is 4.90 Å². The van der Waals surface area contributed by atoms with Crippen LogP contribution in [-0.4, -0.2) is 23.6 Å². The molecular weight excluding hydrogens is 178 g/mol. The van der Waals surface area contributed by atoms with Crippen molar-refractivity contribution in [3.63, 3.8) is 0 Å². The molecule has 74 valence electrons. The number of hydrogen-bond donors (Lipinski definition) is 0. The number of ketones is 1. The van der Waals surface area contributed by atoms with E-state index >= 15 is 0 Å². The Morgan fingerprint density at radius 2 is 1.79 bits per heavy atom. The first-order chi connectivity index (χ1) is 6.61. The van der Waals surface area contributed by atoms with Crippen molar-refractivity contribution >= 4 is 11.7 Å². The van der Waals surface area contributed by atoms with Crippen molar-refractivity contribution in [3.8, 4) is 0 Å². The van der Waals surface area contributed by atoms with Crippen molar-refractivity contribution in [2.24, 2.45) is 0 Å². The Labute approximate surface area is 83.3 Å². The van der Waals surface area contributed by atoms with Crippen molar-refractivity contribution in [2.45, 2.75) is 13.5 Å². The second-order valence-corrected chi connectivity index (χ2v) is 3.20. The van der Waals surface area contributed by atoms with Gasteiger partial charge >= 0.3 is 0 Å². The van der Waals surface area contributed by atoms with Gasteiger partial charge in [0.1, 0.15) is 0 Å². The van der Waals surface area contributed by atoms with Gasteiger partial charge in [0, 0.05) is 20.5 Å². The minimum Gasteiger partial charge on any atom is -0.335 e. The lowest BCUT2D eigenvalue weighted by Gasteiger charge is -2.14. The molecule has 0 heterocycles. The van der Waals surface area contributed by atoms with E-state index in [1.54, 1.807) is 7.05 Å². The van der Waals surface area contributed by atoms with Gasteiger partial charge in [-0.15, -0.1) is 0 Å². The maximum Gasteiger partial charge on any atom is 0.289 e. The van der Waals surface area contributed by atoms with Gasteiger partial charge in [0.05, 0.1) is 0 Å². The summed E-state index contributed by atoms with van der Waals surface area (Å²) in [5, 5.41) is 0. The molecule has 0 aromatic heterocycles. The van der Waals surface area contributed by atoms with E-state index in [2.05, 4.69) is 0 Å². The lowest BCUT2D eigenvalue weighted by atomic mass is 10.2. The smallest absolute Gasteiger partial charge is 0.289 e. The summed E-state index contributed by atoms with van der Waals surface area (Å²) in [5.74, 6) is -0.878. The van der Waals surface area contributed by atoms with Crippen molar-refractivity contribution in [3.05, 3.63) is 35.9 Å². The summed E-state index contributed by atoms with van der Waals surface area (Å²) in [6.45, 7) is 1.75. The lowest BCUT2D eigenvalue weighted by Crippen LogP contribution is -2.31. The number of Topliss-reactive ketones (excluding diaryl/α,β-unsaturated/α-hetero) is 1. The highest BCUT2D eigenvalue weighted by Crippen LogP contribution is 2.02. The highest BCUT2D eigenvalue weighted by Gasteiger charge is 2.13. The van der Waals surface area contributed by atoms with Gasteiger partial charge in [-0.2, -0.15) is 0 Å². The van der Waals surface area contributed by atoms with Crippen LogP contribution >= 0.6 is 0 Å². The van der Waals surface area contributed by atoms with Crippen LogP contribution in [0.15, 0.2) is 30.3 Å². The molecule has 0 saturated heterocycles. The van der Waals surface area contributed by atoms with Crippen LogP contribution in [-0.2, 0) is 16.1 Å². The van der Waals surface area contributed by atoms with Crippen molar-refractivity contribution in [1.29, 1.82) is 0 Å². The molecule has 0 spiro atoms. The molecule has 0 aliphatic rings. The Morgan fingerprint density at radius 1 is 1.21 bits per heavy atom. The minimum atomic E-state index is -0.450. The normalized spacial score (nSPS) is 9.57. The zero-order valence-corrected chi connectivity index (χ0v) is 8.36. The van der Waals surface area contributed by atoms with E-state index in [1.165, 1.54) is 11.8 Å². The summed E-state index contributed by atoms with van der Waals surface area (Å²) in [4.78, 5) is 23.4. The monoisotopic (exact) mass is 191 g/mol. The summed E-state index contributed by atoms with van der Waals surface area (Å²) >= 11 is 0. The van der Waals surface area contributed by atoms with E-state index in [9.17, 15) is 9.59 Å². The molecule has 0 fully saturated rings. The van der Waals surface area contributed by atoms with E-state index < -0.39 is 11.7 Å². The van der Waals surface area contributed by atoms with Crippen LogP contribution in [0.5, 0.6) is 0 Å². The van der Waals surface area contributed by atoms with Crippen molar-refractivity contribution in [2.75, 3.05) is 7.05 Å². The standard InChI is InChI=1S/C11H13NO2/c1-9(13)11(14)12(2)8-10-6-4-3-5-7-10/h3-7H,8H2,1-2H3. The first-order valence-electron chi connectivity index (χ1n) is 4.41. The molecule has 0 N–H and O–H groups in total. The van der Waals surface area contributed by atoms with Gasteiger partial charge in [-0.1, -0.05) is 30.3 Å². The fourth-order valence-corrected chi connectivity index (χ4v) is 1.20. The molecule has 1 rings (SSSR count). The van der Waals surface area contributed by atoms with Crippen molar-refractivity contribution < 1.29 is 9.59 Å². The van der Waals surface area contributed by atoms with E-state index in [4.69, 9.17) is 0 Å². The lowest BCUT2D eigenvalue weighted by molar-refractivity contribution is -0.143. The number of nitrogens with zero attached hydrogens (tertiary/aromatic N) is 1. The van der Waals surface area contributed by atoms with Crippen LogP contribution in [0, 0.1) is 0 Å². The van der Waals surface area contributed by atoms with Crippen LogP contribution in [0.25, 0.3) is 0 Å². The largest absolute Gasteiger partial charge is 0.335 e. The molecular formula is C11H13NO2. The van der Waals surface area contributed by atoms with E-state index in [0.29, 0.717) is 6.54 Å². The van der Waals surface area contributed by atoms with Gasteiger partial charge in [0.25, 0.3) is 5.91 Å². The second-order valence-electron chi connectivity index (χ2n) is 3.20. The molecule has 0 unspecified atom stereocenters. The Morgan fingerprint density at radius 3 is 2.29 bits per heavy atom. The van der Waals surface area contributed by atoms with E-state index in [0.717, 1.165) is 5.56 Å². The quantitative estimate of drug-likeness (QED) is 0.674. The highest BCUT2D eigenvalue weighted by atomic mass is 16.2. The molecule has 3 heteroatoms. The fraction of sp³-hybridized carbons (Fsp3) is 0.273. The number of amides is 1. The first kappa shape index (κ1) is 10.4. The minimum absolute atomic E-state index is 0.427. The van der Waals surface area contributed by atoms with Crippen LogP contribution in [0.3, 0.4) is 0 Å². The topological polar surface area (TPSA) is 37.4 Å². The summed E-state index contributed by atoms with van der Waals surface area (Å²) in [6.07, 6.45) is 0.